The van der Waals surface area contributed by atoms with Crippen molar-refractivity contribution in [2.24, 2.45) is 0 Å². The number of likely N-dealkylation sites (N-methyl/N-ethyl adjacent to an activating group) is 1. The summed E-state index contributed by atoms with van der Waals surface area (Å²) in [4.78, 5) is 22.0. The van der Waals surface area contributed by atoms with E-state index in [0.717, 1.165) is 11.1 Å². The van der Waals surface area contributed by atoms with Gasteiger partial charge < -0.3 is 14.4 Å². The number of hydrogen-bond acceptors (Lipinski definition) is 4. The molecule has 1 unspecified atom stereocenters. The van der Waals surface area contributed by atoms with Crippen molar-refractivity contribution >= 4 is 18.0 Å². The molecule has 1 aliphatic rings. The molecule has 0 saturated heterocycles. The van der Waals surface area contributed by atoms with Crippen LogP contribution in [0.1, 0.15) is 5.56 Å². The number of methoxy groups -OCH3 is 2. The van der Waals surface area contributed by atoms with E-state index in [4.69, 9.17) is 9.53 Å². The first-order valence-corrected chi connectivity index (χ1v) is 5.68. The van der Waals surface area contributed by atoms with Gasteiger partial charge in [0, 0.05) is 25.8 Å². The van der Waals surface area contributed by atoms with Crippen molar-refractivity contribution in [2.75, 3.05) is 21.3 Å². The largest absolute Gasteiger partial charge is 0.471 e. The Morgan fingerprint density at radius 2 is 1.79 bits per heavy atom. The minimum absolute atomic E-state index is 0.0132. The maximum Gasteiger partial charge on any atom is 0.292 e. The van der Waals surface area contributed by atoms with Crippen molar-refractivity contribution in [2.45, 2.75) is 6.23 Å². The normalized spacial score (nSPS) is 17.4. The molecule has 0 bridgehead atoms. The summed E-state index contributed by atoms with van der Waals surface area (Å²) in [7, 11) is 4.66. The molecule has 0 fully saturated rings. The summed E-state index contributed by atoms with van der Waals surface area (Å²) in [6.07, 6.45) is 1.36. The van der Waals surface area contributed by atoms with Crippen LogP contribution >= 0.6 is 0 Å². The van der Waals surface area contributed by atoms with Crippen LogP contribution in [0.25, 0.3) is 5.57 Å². The number of ether oxygens (including phenoxy) is 2. The van der Waals surface area contributed by atoms with Gasteiger partial charge in [0.2, 0.25) is 5.91 Å². The molecule has 0 aliphatic carbocycles. The monoisotopic (exact) mass is 263 g/mol. The van der Waals surface area contributed by atoms with Crippen LogP contribution in [0.15, 0.2) is 36.4 Å². The molecule has 1 amide bonds. The lowest BCUT2D eigenvalue weighted by Gasteiger charge is -2.21. The fourth-order valence-corrected chi connectivity index (χ4v) is 1.77. The first-order valence-electron chi connectivity index (χ1n) is 5.68. The predicted molar refractivity (Wildman–Crippen MR) is 71.1 cm³/mol. The highest BCUT2D eigenvalue weighted by Crippen LogP contribution is 2.27. The maximum atomic E-state index is 11.5. The third-order valence-corrected chi connectivity index (χ3v) is 2.67. The highest BCUT2D eigenvalue weighted by Gasteiger charge is 2.30. The number of nitrogens with zero attached hydrogens (tertiary/aromatic N) is 1. The van der Waals surface area contributed by atoms with Crippen LogP contribution in [0.3, 0.4) is 0 Å². The Hall–Kier alpha value is -2.14. The third-order valence-electron chi connectivity index (χ3n) is 2.67. The highest BCUT2D eigenvalue weighted by molar-refractivity contribution is 6.01. The van der Waals surface area contributed by atoms with Gasteiger partial charge in [0.05, 0.1) is 7.11 Å². The Labute approximate surface area is 112 Å². The highest BCUT2D eigenvalue weighted by atomic mass is 16.5. The number of hydrogen-bond donors (Lipinski definition) is 0. The molecule has 102 valence electrons. The zero-order valence-corrected chi connectivity index (χ0v) is 11.2. The molecular formula is C14H17NO4. The molecule has 0 radical (unpaired) electrons. The van der Waals surface area contributed by atoms with Crippen molar-refractivity contribution in [1.82, 2.24) is 4.90 Å². The quantitative estimate of drug-likeness (QED) is 0.771. The van der Waals surface area contributed by atoms with Crippen molar-refractivity contribution in [3.63, 3.8) is 0 Å². The minimum atomic E-state index is -0.264. The molecule has 1 aromatic rings. The molecule has 5 nitrogen and oxygen atoms in total. The fraction of sp³-hybridized carbons (Fsp3) is 0.286. The molecule has 0 aromatic heterocycles. The SMILES string of the molecule is COC1C(c2ccccc2)=CC(=O)N1C.COC=O. The van der Waals surface area contributed by atoms with E-state index in [0.29, 0.717) is 6.47 Å². The molecule has 1 aliphatic heterocycles. The van der Waals surface area contributed by atoms with Crippen molar-refractivity contribution in [3.8, 4) is 0 Å². The smallest absolute Gasteiger partial charge is 0.292 e. The molecule has 1 atom stereocenters. The van der Waals surface area contributed by atoms with E-state index in [1.807, 2.05) is 30.3 Å². The fourth-order valence-electron chi connectivity index (χ4n) is 1.77. The van der Waals surface area contributed by atoms with E-state index in [2.05, 4.69) is 4.74 Å². The standard InChI is InChI=1S/C12H13NO2.C2H4O2/c1-13-11(14)8-10(12(13)15-2)9-6-4-3-5-7-9;1-4-2-3/h3-8,12H,1-2H3;2H,1H3. The summed E-state index contributed by atoms with van der Waals surface area (Å²) >= 11 is 0. The van der Waals surface area contributed by atoms with Gasteiger partial charge in [-0.2, -0.15) is 0 Å². The van der Waals surface area contributed by atoms with Crippen LogP contribution in [-0.2, 0) is 19.1 Å². The zero-order chi connectivity index (χ0) is 14.3. The van der Waals surface area contributed by atoms with Gasteiger partial charge in [-0.1, -0.05) is 30.3 Å². The van der Waals surface area contributed by atoms with Gasteiger partial charge in [0.15, 0.2) is 6.23 Å². The van der Waals surface area contributed by atoms with E-state index in [9.17, 15) is 4.79 Å². The summed E-state index contributed by atoms with van der Waals surface area (Å²) in [6, 6.07) is 9.80. The van der Waals surface area contributed by atoms with E-state index >= 15 is 0 Å². The predicted octanol–water partition coefficient (Wildman–Crippen LogP) is 1.30. The topological polar surface area (TPSA) is 55.8 Å². The van der Waals surface area contributed by atoms with E-state index in [1.165, 1.54) is 7.11 Å². The van der Waals surface area contributed by atoms with Crippen LogP contribution in [-0.4, -0.2) is 44.8 Å². The van der Waals surface area contributed by atoms with Crippen LogP contribution < -0.4 is 0 Å². The molecular weight excluding hydrogens is 246 g/mol. The summed E-state index contributed by atoms with van der Waals surface area (Å²) in [6.45, 7) is 0.375. The van der Waals surface area contributed by atoms with Gasteiger partial charge in [-0.25, -0.2) is 0 Å². The van der Waals surface area contributed by atoms with Crippen LogP contribution in [0.4, 0.5) is 0 Å². The Kier molecular flexibility index (Phi) is 5.75. The van der Waals surface area contributed by atoms with Crippen LogP contribution in [0.2, 0.25) is 0 Å². The molecule has 2 rings (SSSR count). The van der Waals surface area contributed by atoms with Gasteiger partial charge in [-0.15, -0.1) is 0 Å². The van der Waals surface area contributed by atoms with Gasteiger partial charge in [-0.3, -0.25) is 9.59 Å². The van der Waals surface area contributed by atoms with Gasteiger partial charge in [0.1, 0.15) is 0 Å². The lowest BCUT2D eigenvalue weighted by atomic mass is 10.1. The summed E-state index contributed by atoms with van der Waals surface area (Å²) < 4.78 is 9.16. The Bertz CT molecular complexity index is 456. The maximum absolute atomic E-state index is 11.5. The lowest BCUT2D eigenvalue weighted by Crippen LogP contribution is -2.32. The molecule has 1 heterocycles. The molecule has 1 aromatic carbocycles. The van der Waals surface area contributed by atoms with Gasteiger partial charge in [0.25, 0.3) is 6.47 Å². The van der Waals surface area contributed by atoms with Crippen molar-refractivity contribution in [1.29, 1.82) is 0 Å². The number of benzene rings is 1. The molecule has 0 N–H and O–H groups in total. The van der Waals surface area contributed by atoms with Crippen LogP contribution in [0, 0.1) is 0 Å². The second kappa shape index (κ2) is 7.33. The average Bonchev–Trinajstić information content (AvgIpc) is 2.75. The Morgan fingerprint density at radius 3 is 2.26 bits per heavy atom. The van der Waals surface area contributed by atoms with Crippen molar-refractivity contribution in [3.05, 3.63) is 42.0 Å². The van der Waals surface area contributed by atoms with E-state index in [1.54, 1.807) is 25.1 Å². The van der Waals surface area contributed by atoms with Crippen LogP contribution in [0.5, 0.6) is 0 Å². The van der Waals surface area contributed by atoms with Gasteiger partial charge in [-0.05, 0) is 5.56 Å². The number of carbonyl (C=O) groups is 2. The second-order valence-electron chi connectivity index (χ2n) is 3.83. The minimum Gasteiger partial charge on any atom is -0.471 e. The summed E-state index contributed by atoms with van der Waals surface area (Å²) in [5.41, 5.74) is 1.95. The summed E-state index contributed by atoms with van der Waals surface area (Å²) in [5, 5.41) is 0. The number of carbonyl (C=O) groups excluding carboxylic acids is 2. The Balaban J connectivity index is 0.000000399. The molecule has 5 heteroatoms. The first kappa shape index (κ1) is 14.9. The Morgan fingerprint density at radius 1 is 1.21 bits per heavy atom. The van der Waals surface area contributed by atoms with Crippen molar-refractivity contribution < 1.29 is 19.1 Å². The second-order valence-corrected chi connectivity index (χ2v) is 3.83. The molecule has 19 heavy (non-hydrogen) atoms. The third kappa shape index (κ3) is 3.66. The average molecular weight is 263 g/mol. The zero-order valence-electron chi connectivity index (χ0n) is 11.2. The number of rotatable bonds is 3. The first-order chi connectivity index (χ1) is 9.15. The number of amides is 1. The molecule has 0 spiro atoms. The molecule has 0 saturated carbocycles. The lowest BCUT2D eigenvalue weighted by molar-refractivity contribution is -0.130. The van der Waals surface area contributed by atoms with E-state index in [-0.39, 0.29) is 12.1 Å². The van der Waals surface area contributed by atoms with Gasteiger partial charge >= 0.3 is 0 Å². The van der Waals surface area contributed by atoms with E-state index < -0.39 is 0 Å². The summed E-state index contributed by atoms with van der Waals surface area (Å²) in [5.74, 6) is -0.0132.